The first kappa shape index (κ1) is 19.0. The smallest absolute Gasteiger partial charge is 0.328 e. The van der Waals surface area contributed by atoms with Gasteiger partial charge in [0, 0.05) is 13.1 Å². The van der Waals surface area contributed by atoms with E-state index in [4.69, 9.17) is 4.74 Å². The van der Waals surface area contributed by atoms with Crippen LogP contribution in [0.4, 0.5) is 4.39 Å². The van der Waals surface area contributed by atoms with Crippen LogP contribution in [0.3, 0.4) is 0 Å². The molecule has 0 spiro atoms. The quantitative estimate of drug-likeness (QED) is 0.601. The number of hydrogen-bond acceptors (Lipinski definition) is 4. The number of carbonyl (C=O) groups is 2. The van der Waals surface area contributed by atoms with E-state index in [1.165, 1.54) is 12.1 Å². The number of nitrogens with zero attached hydrogens (tertiary/aromatic N) is 1. The molecule has 0 radical (unpaired) electrons. The molecule has 2 aromatic rings. The molecular weight excluding hydrogens is 347 g/mol. The fourth-order valence-electron chi connectivity index (χ4n) is 2.85. The summed E-state index contributed by atoms with van der Waals surface area (Å²) >= 11 is 0. The molecule has 1 fully saturated rings. The van der Waals surface area contributed by atoms with Crippen LogP contribution in [0.1, 0.15) is 23.6 Å². The van der Waals surface area contributed by atoms with Crippen LogP contribution in [0.2, 0.25) is 0 Å². The molecule has 3 unspecified atom stereocenters. The Bertz CT molecular complexity index is 825. The van der Waals surface area contributed by atoms with Gasteiger partial charge in [-0.1, -0.05) is 36.4 Å². The first-order chi connectivity index (χ1) is 12.9. The summed E-state index contributed by atoms with van der Waals surface area (Å²) in [6.45, 7) is 4.79. The molecule has 0 aromatic heterocycles. The Kier molecular flexibility index (Phi) is 5.86. The molecule has 1 N–H and O–H groups in total. The Morgan fingerprint density at radius 1 is 1.26 bits per heavy atom. The van der Waals surface area contributed by atoms with Crippen LogP contribution in [0, 0.1) is 12.7 Å². The van der Waals surface area contributed by atoms with Gasteiger partial charge in [-0.05, 0) is 42.7 Å². The van der Waals surface area contributed by atoms with Crippen molar-refractivity contribution in [1.82, 2.24) is 10.2 Å². The number of rotatable bonds is 7. The average Bonchev–Trinajstić information content (AvgIpc) is 3.43. The lowest BCUT2D eigenvalue weighted by molar-refractivity contribution is -0.148. The van der Waals surface area contributed by atoms with Crippen molar-refractivity contribution in [3.63, 3.8) is 0 Å². The maximum Gasteiger partial charge on any atom is 0.328 e. The van der Waals surface area contributed by atoms with Gasteiger partial charge >= 0.3 is 5.97 Å². The molecule has 6 heteroatoms. The molecule has 27 heavy (non-hydrogen) atoms. The summed E-state index contributed by atoms with van der Waals surface area (Å²) in [5, 5.41) is 2.69. The zero-order valence-electron chi connectivity index (χ0n) is 15.4. The van der Waals surface area contributed by atoms with E-state index in [1.54, 1.807) is 13.0 Å². The van der Waals surface area contributed by atoms with Crippen LogP contribution in [0.15, 0.2) is 48.5 Å². The van der Waals surface area contributed by atoms with Gasteiger partial charge in [-0.3, -0.25) is 9.69 Å². The maximum absolute atomic E-state index is 13.4. The summed E-state index contributed by atoms with van der Waals surface area (Å²) in [6.07, 6.45) is 0. The Morgan fingerprint density at radius 3 is 2.74 bits per heavy atom. The molecule has 2 aromatic carbocycles. The largest absolute Gasteiger partial charge is 0.459 e. The summed E-state index contributed by atoms with van der Waals surface area (Å²) < 4.78 is 18.6. The molecular formula is C21H23FN2O3. The lowest BCUT2D eigenvalue weighted by Gasteiger charge is -2.14. The minimum absolute atomic E-state index is 0.175. The number of carbonyl (C=O) groups excluding carboxylic acids is 2. The Labute approximate surface area is 158 Å². The molecule has 142 valence electrons. The van der Waals surface area contributed by atoms with Crippen LogP contribution in [-0.4, -0.2) is 35.4 Å². The summed E-state index contributed by atoms with van der Waals surface area (Å²) in [5.74, 6) is -0.971. The van der Waals surface area contributed by atoms with Gasteiger partial charge in [0.15, 0.2) is 0 Å². The minimum Gasteiger partial charge on any atom is -0.459 e. The summed E-state index contributed by atoms with van der Waals surface area (Å²) in [5.41, 5.74) is 2.74. The van der Waals surface area contributed by atoms with Gasteiger partial charge in [-0.15, -0.1) is 0 Å². The van der Waals surface area contributed by atoms with Crippen LogP contribution < -0.4 is 5.32 Å². The van der Waals surface area contributed by atoms with Crippen molar-refractivity contribution in [2.24, 2.45) is 0 Å². The highest BCUT2D eigenvalue weighted by molar-refractivity contribution is 5.89. The number of ether oxygens (including phenoxy) is 1. The van der Waals surface area contributed by atoms with Crippen molar-refractivity contribution in [2.75, 3.05) is 6.54 Å². The Hall–Kier alpha value is -2.73. The molecule has 1 amide bonds. The molecule has 3 atom stereocenters. The van der Waals surface area contributed by atoms with E-state index in [1.807, 2.05) is 42.2 Å². The zero-order valence-corrected chi connectivity index (χ0v) is 15.4. The highest BCUT2D eigenvalue weighted by Crippen LogP contribution is 2.23. The van der Waals surface area contributed by atoms with Crippen LogP contribution in [-0.2, 0) is 27.5 Å². The molecule has 1 aliphatic heterocycles. The van der Waals surface area contributed by atoms with Crippen molar-refractivity contribution in [3.8, 4) is 0 Å². The average molecular weight is 370 g/mol. The second-order valence-corrected chi connectivity index (χ2v) is 6.84. The van der Waals surface area contributed by atoms with Gasteiger partial charge in [-0.25, -0.2) is 9.18 Å². The molecule has 1 saturated heterocycles. The van der Waals surface area contributed by atoms with E-state index in [2.05, 4.69) is 5.32 Å². The number of nitrogens with one attached hydrogen (secondary N) is 1. The van der Waals surface area contributed by atoms with Crippen molar-refractivity contribution in [1.29, 1.82) is 0 Å². The predicted octanol–water partition coefficient (Wildman–Crippen LogP) is 2.57. The highest BCUT2D eigenvalue weighted by atomic mass is 19.1. The second kappa shape index (κ2) is 8.31. The van der Waals surface area contributed by atoms with E-state index in [-0.39, 0.29) is 24.4 Å². The molecule has 1 aliphatic rings. The third kappa shape index (κ3) is 5.14. The zero-order chi connectivity index (χ0) is 19.4. The topological polar surface area (TPSA) is 58.4 Å². The summed E-state index contributed by atoms with van der Waals surface area (Å²) in [7, 11) is 0. The number of esters is 1. The molecule has 0 saturated carbocycles. The van der Waals surface area contributed by atoms with Gasteiger partial charge in [0.1, 0.15) is 24.5 Å². The Balaban J connectivity index is 1.45. The molecule has 5 nitrogen and oxygen atoms in total. The lowest BCUT2D eigenvalue weighted by Crippen LogP contribution is -2.42. The number of amides is 1. The van der Waals surface area contributed by atoms with E-state index in [0.29, 0.717) is 13.1 Å². The fraction of sp³-hybridized carbons (Fsp3) is 0.333. The normalized spacial score (nSPS) is 19.2. The monoisotopic (exact) mass is 370 g/mol. The van der Waals surface area contributed by atoms with Gasteiger partial charge in [0.25, 0.3) is 0 Å². The Morgan fingerprint density at radius 2 is 2.00 bits per heavy atom. The van der Waals surface area contributed by atoms with Crippen molar-refractivity contribution in [3.05, 3.63) is 71.0 Å². The van der Waals surface area contributed by atoms with E-state index >= 15 is 0 Å². The number of halogens is 1. The minimum atomic E-state index is -0.723. The van der Waals surface area contributed by atoms with Crippen LogP contribution >= 0.6 is 0 Å². The lowest BCUT2D eigenvalue weighted by atomic mass is 10.1. The maximum atomic E-state index is 13.4. The second-order valence-electron chi connectivity index (χ2n) is 6.84. The van der Waals surface area contributed by atoms with E-state index < -0.39 is 12.0 Å². The SMILES string of the molecule is Cc1ccc(F)cc1CN1CC1C(=O)NC(C)C(=O)OCc1ccccc1. The number of hydrogen-bond donors (Lipinski definition) is 1. The third-order valence-corrected chi connectivity index (χ3v) is 4.64. The van der Waals surface area contributed by atoms with Gasteiger partial charge in [0.05, 0.1) is 0 Å². The fourth-order valence-corrected chi connectivity index (χ4v) is 2.85. The molecule has 1 heterocycles. The summed E-state index contributed by atoms with van der Waals surface area (Å²) in [6, 6.07) is 13.0. The highest BCUT2D eigenvalue weighted by Gasteiger charge is 2.41. The predicted molar refractivity (Wildman–Crippen MR) is 99.2 cm³/mol. The van der Waals surface area contributed by atoms with E-state index in [0.717, 1.165) is 16.7 Å². The van der Waals surface area contributed by atoms with Crippen molar-refractivity contribution >= 4 is 11.9 Å². The van der Waals surface area contributed by atoms with Crippen LogP contribution in [0.5, 0.6) is 0 Å². The van der Waals surface area contributed by atoms with Gasteiger partial charge < -0.3 is 10.1 Å². The number of aryl methyl sites for hydroxylation is 1. The van der Waals surface area contributed by atoms with E-state index in [9.17, 15) is 14.0 Å². The van der Waals surface area contributed by atoms with Crippen molar-refractivity contribution < 1.29 is 18.7 Å². The first-order valence-corrected chi connectivity index (χ1v) is 8.94. The number of benzene rings is 2. The molecule has 0 aliphatic carbocycles. The molecule has 3 rings (SSSR count). The third-order valence-electron chi connectivity index (χ3n) is 4.64. The van der Waals surface area contributed by atoms with Crippen molar-refractivity contribution in [2.45, 2.75) is 39.1 Å². The van der Waals surface area contributed by atoms with Gasteiger partial charge in [-0.2, -0.15) is 0 Å². The van der Waals surface area contributed by atoms with Crippen LogP contribution in [0.25, 0.3) is 0 Å². The molecule has 0 bridgehead atoms. The first-order valence-electron chi connectivity index (χ1n) is 8.94. The summed E-state index contributed by atoms with van der Waals surface area (Å²) in [4.78, 5) is 26.3. The van der Waals surface area contributed by atoms with Gasteiger partial charge in [0.2, 0.25) is 5.91 Å². The standard InChI is InChI=1S/C21H23FN2O3/c1-14-8-9-18(22)10-17(14)11-24-12-19(24)20(25)23-15(2)21(26)27-13-16-6-4-3-5-7-16/h3-10,15,19H,11-13H2,1-2H3,(H,23,25).